The molecule has 3 heteroatoms. The number of methoxy groups -OCH3 is 2. The van der Waals surface area contributed by atoms with E-state index in [4.69, 9.17) is 9.47 Å². The van der Waals surface area contributed by atoms with Gasteiger partial charge >= 0.3 is 0 Å². The second kappa shape index (κ2) is 10.1. The zero-order chi connectivity index (χ0) is 23.3. The molecule has 0 bridgehead atoms. The fraction of sp³-hybridized carbons (Fsp3) is 0.226. The third kappa shape index (κ3) is 4.57. The van der Waals surface area contributed by atoms with Crippen molar-refractivity contribution in [3.8, 4) is 11.5 Å². The quantitative estimate of drug-likeness (QED) is 0.334. The van der Waals surface area contributed by atoms with Gasteiger partial charge in [-0.1, -0.05) is 78.4 Å². The monoisotopic (exact) mass is 449 g/mol. The van der Waals surface area contributed by atoms with Gasteiger partial charge in [0.2, 0.25) is 0 Å². The van der Waals surface area contributed by atoms with Crippen LogP contribution < -0.4 is 9.47 Å². The van der Waals surface area contributed by atoms with Crippen molar-refractivity contribution in [1.82, 2.24) is 4.90 Å². The van der Waals surface area contributed by atoms with Crippen LogP contribution in [0.3, 0.4) is 0 Å². The summed E-state index contributed by atoms with van der Waals surface area (Å²) in [5, 5.41) is 0. The molecule has 0 amide bonds. The molecule has 0 unspecified atom stereocenters. The summed E-state index contributed by atoms with van der Waals surface area (Å²) in [7, 11) is 3.37. The highest BCUT2D eigenvalue weighted by Crippen LogP contribution is 2.38. The molecule has 0 N–H and O–H groups in total. The smallest absolute Gasteiger partial charge is 0.129 e. The highest BCUT2D eigenvalue weighted by molar-refractivity contribution is 5.94. The van der Waals surface area contributed by atoms with Crippen LogP contribution >= 0.6 is 0 Å². The SMILES string of the molecule is COc1ccc(/C=C/CN2CCC(=C3c4ccccc4C=Cc4ccccc43)CC2)c(OC)c1. The van der Waals surface area contributed by atoms with Gasteiger partial charge in [0.05, 0.1) is 14.2 Å². The van der Waals surface area contributed by atoms with Gasteiger partial charge in [-0.05, 0) is 52.8 Å². The number of rotatable bonds is 5. The van der Waals surface area contributed by atoms with Crippen LogP contribution in [0.25, 0.3) is 23.8 Å². The van der Waals surface area contributed by atoms with Crippen LogP contribution in [-0.4, -0.2) is 38.8 Å². The van der Waals surface area contributed by atoms with Crippen LogP contribution in [0.5, 0.6) is 11.5 Å². The van der Waals surface area contributed by atoms with Crippen molar-refractivity contribution in [2.24, 2.45) is 0 Å². The van der Waals surface area contributed by atoms with E-state index in [1.165, 1.54) is 27.8 Å². The van der Waals surface area contributed by atoms with E-state index >= 15 is 0 Å². The second-order valence-corrected chi connectivity index (χ2v) is 8.80. The maximum absolute atomic E-state index is 5.52. The zero-order valence-electron chi connectivity index (χ0n) is 20.0. The third-order valence-electron chi connectivity index (χ3n) is 6.82. The van der Waals surface area contributed by atoms with Crippen LogP contribution in [0, 0.1) is 0 Å². The Morgan fingerprint density at radius 2 is 1.44 bits per heavy atom. The van der Waals surface area contributed by atoms with Crippen LogP contribution in [0.2, 0.25) is 0 Å². The van der Waals surface area contributed by atoms with E-state index in [1.807, 2.05) is 18.2 Å². The second-order valence-electron chi connectivity index (χ2n) is 8.80. The minimum atomic E-state index is 0.808. The Hall–Kier alpha value is -3.56. The summed E-state index contributed by atoms with van der Waals surface area (Å²) in [5.74, 6) is 1.64. The predicted molar refractivity (Wildman–Crippen MR) is 142 cm³/mol. The lowest BCUT2D eigenvalue weighted by Crippen LogP contribution is -2.31. The molecule has 0 atom stereocenters. The molecule has 3 aromatic rings. The summed E-state index contributed by atoms with van der Waals surface area (Å²) in [6.45, 7) is 3.08. The van der Waals surface area contributed by atoms with E-state index in [-0.39, 0.29) is 0 Å². The van der Waals surface area contributed by atoms with Gasteiger partial charge < -0.3 is 9.47 Å². The van der Waals surface area contributed by atoms with E-state index in [2.05, 4.69) is 77.7 Å². The zero-order valence-corrected chi connectivity index (χ0v) is 20.0. The van der Waals surface area contributed by atoms with Crippen molar-refractivity contribution in [3.63, 3.8) is 0 Å². The molecule has 0 aromatic heterocycles. The van der Waals surface area contributed by atoms with Gasteiger partial charge in [0, 0.05) is 31.3 Å². The lowest BCUT2D eigenvalue weighted by Gasteiger charge is -2.29. The number of likely N-dealkylation sites (tertiary alicyclic amines) is 1. The number of piperidine rings is 1. The van der Waals surface area contributed by atoms with Crippen molar-refractivity contribution in [2.75, 3.05) is 33.9 Å². The maximum Gasteiger partial charge on any atom is 0.129 e. The maximum atomic E-state index is 5.52. The van der Waals surface area contributed by atoms with Gasteiger partial charge in [-0.2, -0.15) is 0 Å². The molecule has 1 aliphatic heterocycles. The Balaban J connectivity index is 1.33. The fourth-order valence-corrected chi connectivity index (χ4v) is 4.99. The molecule has 34 heavy (non-hydrogen) atoms. The average molecular weight is 450 g/mol. The normalized spacial score (nSPS) is 15.7. The molecule has 2 aliphatic rings. The van der Waals surface area contributed by atoms with Gasteiger partial charge in [-0.15, -0.1) is 0 Å². The Morgan fingerprint density at radius 1 is 0.794 bits per heavy atom. The van der Waals surface area contributed by atoms with Gasteiger partial charge in [0.1, 0.15) is 11.5 Å². The first-order chi connectivity index (χ1) is 16.8. The van der Waals surface area contributed by atoms with Gasteiger partial charge in [0.15, 0.2) is 0 Å². The Morgan fingerprint density at radius 3 is 2.06 bits per heavy atom. The minimum absolute atomic E-state index is 0.808. The molecule has 0 spiro atoms. The number of hydrogen-bond donors (Lipinski definition) is 0. The largest absolute Gasteiger partial charge is 0.497 e. The highest BCUT2D eigenvalue weighted by atomic mass is 16.5. The summed E-state index contributed by atoms with van der Waals surface area (Å²) in [6.07, 6.45) is 11.1. The molecule has 0 saturated carbocycles. The Labute approximate surface area is 202 Å². The van der Waals surface area contributed by atoms with Crippen molar-refractivity contribution in [2.45, 2.75) is 12.8 Å². The minimum Gasteiger partial charge on any atom is -0.497 e. The number of hydrogen-bond acceptors (Lipinski definition) is 3. The Bertz CT molecular complexity index is 1210. The van der Waals surface area contributed by atoms with Crippen LogP contribution in [0.4, 0.5) is 0 Å². The molecule has 3 nitrogen and oxygen atoms in total. The van der Waals surface area contributed by atoms with E-state index in [0.29, 0.717) is 0 Å². The van der Waals surface area contributed by atoms with Crippen molar-refractivity contribution < 1.29 is 9.47 Å². The molecule has 1 fully saturated rings. The molecule has 1 aliphatic carbocycles. The molecular weight excluding hydrogens is 418 g/mol. The van der Waals surface area contributed by atoms with Crippen molar-refractivity contribution >= 4 is 23.8 Å². The lowest BCUT2D eigenvalue weighted by atomic mass is 9.86. The predicted octanol–water partition coefficient (Wildman–Crippen LogP) is 6.80. The van der Waals surface area contributed by atoms with Crippen LogP contribution in [-0.2, 0) is 0 Å². The third-order valence-corrected chi connectivity index (χ3v) is 6.82. The molecule has 1 saturated heterocycles. The standard InChI is InChI=1S/C31H31NO2/c1-33-27-16-15-25(30(22-27)34-2)10-7-19-32-20-17-26(18-21-32)31-28-11-5-3-8-23(28)13-14-24-9-4-6-12-29(24)31/h3-16,22H,17-21H2,1-2H3/b10-7+. The Kier molecular flexibility index (Phi) is 6.64. The van der Waals surface area contributed by atoms with E-state index < -0.39 is 0 Å². The van der Waals surface area contributed by atoms with E-state index in [9.17, 15) is 0 Å². The summed E-state index contributed by atoms with van der Waals surface area (Å²) in [5.41, 5.74) is 9.41. The highest BCUT2D eigenvalue weighted by Gasteiger charge is 2.22. The average Bonchev–Trinajstić information content (AvgIpc) is 3.06. The lowest BCUT2D eigenvalue weighted by molar-refractivity contribution is 0.284. The fourth-order valence-electron chi connectivity index (χ4n) is 4.99. The molecule has 172 valence electrons. The first-order valence-electron chi connectivity index (χ1n) is 12.0. The summed E-state index contributed by atoms with van der Waals surface area (Å²) < 4.78 is 10.8. The molecule has 1 heterocycles. The molecule has 5 rings (SSSR count). The molecule has 3 aromatic carbocycles. The van der Waals surface area contributed by atoms with Crippen LogP contribution in [0.1, 0.15) is 40.7 Å². The number of benzene rings is 3. The van der Waals surface area contributed by atoms with E-state index in [1.54, 1.807) is 19.8 Å². The first-order valence-corrected chi connectivity index (χ1v) is 12.0. The van der Waals surface area contributed by atoms with Gasteiger partial charge in [0.25, 0.3) is 0 Å². The van der Waals surface area contributed by atoms with Gasteiger partial charge in [-0.3, -0.25) is 4.90 Å². The number of ether oxygens (including phenoxy) is 2. The topological polar surface area (TPSA) is 21.7 Å². The van der Waals surface area contributed by atoms with E-state index in [0.717, 1.165) is 49.5 Å². The first kappa shape index (κ1) is 22.2. The van der Waals surface area contributed by atoms with Crippen LogP contribution in [0.15, 0.2) is 78.4 Å². The van der Waals surface area contributed by atoms with Crippen molar-refractivity contribution in [3.05, 3.63) is 106 Å². The summed E-state index contributed by atoms with van der Waals surface area (Å²) in [6, 6.07) is 23.5. The van der Waals surface area contributed by atoms with Gasteiger partial charge in [-0.25, -0.2) is 0 Å². The number of fused-ring (bicyclic) bond motifs is 2. The molecular formula is C31H31NO2. The summed E-state index contributed by atoms with van der Waals surface area (Å²) in [4.78, 5) is 2.53. The molecule has 0 radical (unpaired) electrons. The number of nitrogens with zero attached hydrogens (tertiary/aromatic N) is 1. The summed E-state index contributed by atoms with van der Waals surface area (Å²) >= 11 is 0. The van der Waals surface area contributed by atoms with Crippen molar-refractivity contribution in [1.29, 1.82) is 0 Å².